The maximum atomic E-state index is 11.0. The first-order valence-electron chi connectivity index (χ1n) is 3.72. The van der Waals surface area contributed by atoms with Crippen molar-refractivity contribution in [3.05, 3.63) is 17.4 Å². The van der Waals surface area contributed by atoms with Gasteiger partial charge in [0.15, 0.2) is 5.22 Å². The molecule has 0 aliphatic heterocycles. The molecule has 0 atom stereocenters. The van der Waals surface area contributed by atoms with Crippen LogP contribution in [0.5, 0.6) is 0 Å². The maximum Gasteiger partial charge on any atom is 0.321 e. The highest BCUT2D eigenvalue weighted by molar-refractivity contribution is 6.29. The number of halogens is 1. The predicted molar refractivity (Wildman–Crippen MR) is 49.8 cm³/mol. The van der Waals surface area contributed by atoms with E-state index in [4.69, 9.17) is 21.8 Å². The molecule has 6 heteroatoms. The van der Waals surface area contributed by atoms with E-state index in [1.165, 1.54) is 0 Å². The molecule has 4 N–H and O–H groups in total. The molecular weight excluding hydrogens is 194 g/mol. The van der Waals surface area contributed by atoms with Crippen molar-refractivity contribution in [2.24, 2.45) is 5.73 Å². The van der Waals surface area contributed by atoms with Crippen molar-refractivity contribution in [3.8, 4) is 0 Å². The van der Waals surface area contributed by atoms with E-state index in [-0.39, 0.29) is 11.3 Å². The number of carbonyl (C=O) groups excluding carboxylic acids is 1. The van der Waals surface area contributed by atoms with Crippen LogP contribution >= 0.6 is 11.6 Å². The number of hydrogen-bond donors (Lipinski definition) is 3. The Kier molecular flexibility index (Phi) is 3.60. The molecule has 0 radical (unpaired) electrons. The molecule has 1 rings (SSSR count). The van der Waals surface area contributed by atoms with Gasteiger partial charge in [0.25, 0.3) is 0 Å². The van der Waals surface area contributed by atoms with Gasteiger partial charge in [-0.1, -0.05) is 0 Å². The third-order valence-corrected chi connectivity index (χ3v) is 1.44. The molecule has 1 heterocycles. The lowest BCUT2D eigenvalue weighted by Crippen LogP contribution is -2.32. The second-order valence-electron chi connectivity index (χ2n) is 2.27. The summed E-state index contributed by atoms with van der Waals surface area (Å²) < 4.78 is 4.90. The molecule has 13 heavy (non-hydrogen) atoms. The van der Waals surface area contributed by atoms with Gasteiger partial charge in [-0.25, -0.2) is 4.79 Å². The molecule has 0 fully saturated rings. The summed E-state index contributed by atoms with van der Waals surface area (Å²) in [7, 11) is 0. The molecule has 1 aromatic rings. The summed E-state index contributed by atoms with van der Waals surface area (Å²) in [5, 5.41) is 5.18. The number of nitrogens with two attached hydrogens (primary N) is 1. The van der Waals surface area contributed by atoms with Gasteiger partial charge in [-0.05, 0) is 17.7 Å². The number of nitrogens with one attached hydrogen (secondary N) is 2. The van der Waals surface area contributed by atoms with Gasteiger partial charge in [-0.2, -0.15) is 0 Å². The molecule has 0 saturated carbocycles. The molecule has 0 aliphatic carbocycles. The minimum absolute atomic E-state index is 0.231. The number of rotatable bonds is 3. The molecule has 0 aliphatic rings. The zero-order valence-corrected chi connectivity index (χ0v) is 7.60. The van der Waals surface area contributed by atoms with E-state index in [0.717, 1.165) is 0 Å². The van der Waals surface area contributed by atoms with Gasteiger partial charge in [-0.3, -0.25) is 5.32 Å². The Labute approximate surface area is 80.2 Å². The fourth-order valence-electron chi connectivity index (χ4n) is 0.723. The molecular formula is C7H10ClN3O2. The van der Waals surface area contributed by atoms with E-state index < -0.39 is 0 Å². The Morgan fingerprint density at radius 1 is 1.62 bits per heavy atom. The third-order valence-electron chi connectivity index (χ3n) is 1.24. The van der Waals surface area contributed by atoms with Gasteiger partial charge in [0, 0.05) is 19.2 Å². The molecule has 1 aromatic heterocycles. The van der Waals surface area contributed by atoms with Crippen LogP contribution < -0.4 is 16.4 Å². The van der Waals surface area contributed by atoms with Crippen molar-refractivity contribution in [2.45, 2.75) is 0 Å². The smallest absolute Gasteiger partial charge is 0.321 e. The Morgan fingerprint density at radius 2 is 2.38 bits per heavy atom. The first kappa shape index (κ1) is 9.88. The lowest BCUT2D eigenvalue weighted by atomic mass is 10.6. The summed E-state index contributed by atoms with van der Waals surface area (Å²) >= 11 is 5.49. The van der Waals surface area contributed by atoms with Gasteiger partial charge in [0.1, 0.15) is 0 Å². The minimum Gasteiger partial charge on any atom is -0.429 e. The Balaban J connectivity index is 2.36. The Morgan fingerprint density at radius 3 is 2.92 bits per heavy atom. The van der Waals surface area contributed by atoms with Crippen LogP contribution in [0.2, 0.25) is 5.22 Å². The van der Waals surface area contributed by atoms with Crippen molar-refractivity contribution in [1.82, 2.24) is 5.32 Å². The summed E-state index contributed by atoms with van der Waals surface area (Å²) in [6, 6.07) is 2.74. The van der Waals surface area contributed by atoms with Crippen LogP contribution in [0, 0.1) is 0 Å². The average Bonchev–Trinajstić information content (AvgIpc) is 2.48. The number of anilines is 1. The van der Waals surface area contributed by atoms with E-state index in [9.17, 15) is 4.79 Å². The van der Waals surface area contributed by atoms with Crippen LogP contribution in [-0.4, -0.2) is 19.1 Å². The predicted octanol–water partition coefficient (Wildman–Crippen LogP) is 1.01. The fourth-order valence-corrected chi connectivity index (χ4v) is 0.869. The SMILES string of the molecule is NCCNC(=O)Nc1ccc(Cl)o1. The lowest BCUT2D eigenvalue weighted by molar-refractivity contribution is 0.252. The highest BCUT2D eigenvalue weighted by Gasteiger charge is 2.03. The zero-order valence-electron chi connectivity index (χ0n) is 6.84. The van der Waals surface area contributed by atoms with Gasteiger partial charge < -0.3 is 15.5 Å². The molecule has 2 amide bonds. The van der Waals surface area contributed by atoms with E-state index in [2.05, 4.69) is 10.6 Å². The summed E-state index contributed by atoms with van der Waals surface area (Å²) in [6.07, 6.45) is 0. The second-order valence-corrected chi connectivity index (χ2v) is 2.65. The number of amides is 2. The Hall–Kier alpha value is -1.20. The monoisotopic (exact) mass is 203 g/mol. The fraction of sp³-hybridized carbons (Fsp3) is 0.286. The largest absolute Gasteiger partial charge is 0.429 e. The van der Waals surface area contributed by atoms with Gasteiger partial charge >= 0.3 is 6.03 Å². The topological polar surface area (TPSA) is 80.3 Å². The van der Waals surface area contributed by atoms with Crippen LogP contribution in [0.15, 0.2) is 16.5 Å². The van der Waals surface area contributed by atoms with Crippen LogP contribution in [0.3, 0.4) is 0 Å². The highest BCUT2D eigenvalue weighted by atomic mass is 35.5. The van der Waals surface area contributed by atoms with Crippen molar-refractivity contribution >= 4 is 23.5 Å². The first-order chi connectivity index (χ1) is 6.22. The van der Waals surface area contributed by atoms with E-state index in [0.29, 0.717) is 19.0 Å². The first-order valence-corrected chi connectivity index (χ1v) is 4.10. The average molecular weight is 204 g/mol. The quantitative estimate of drug-likeness (QED) is 0.686. The lowest BCUT2D eigenvalue weighted by Gasteiger charge is -2.02. The van der Waals surface area contributed by atoms with Gasteiger partial charge in [0.2, 0.25) is 5.88 Å². The minimum atomic E-state index is -0.364. The van der Waals surface area contributed by atoms with Crippen LogP contribution in [-0.2, 0) is 0 Å². The molecule has 0 bridgehead atoms. The Bertz CT molecular complexity index is 287. The summed E-state index contributed by atoms with van der Waals surface area (Å²) in [5.74, 6) is 0.305. The summed E-state index contributed by atoms with van der Waals surface area (Å²) in [5.41, 5.74) is 5.19. The molecule has 72 valence electrons. The van der Waals surface area contributed by atoms with Crippen molar-refractivity contribution in [2.75, 3.05) is 18.4 Å². The van der Waals surface area contributed by atoms with Crippen LogP contribution in [0.25, 0.3) is 0 Å². The van der Waals surface area contributed by atoms with Crippen molar-refractivity contribution < 1.29 is 9.21 Å². The van der Waals surface area contributed by atoms with Gasteiger partial charge in [0.05, 0.1) is 0 Å². The van der Waals surface area contributed by atoms with E-state index >= 15 is 0 Å². The van der Waals surface area contributed by atoms with Crippen LogP contribution in [0.4, 0.5) is 10.7 Å². The number of carbonyl (C=O) groups is 1. The zero-order chi connectivity index (χ0) is 9.68. The normalized spacial score (nSPS) is 9.69. The number of hydrogen-bond acceptors (Lipinski definition) is 3. The molecule has 0 unspecified atom stereocenters. The van der Waals surface area contributed by atoms with Crippen LogP contribution in [0.1, 0.15) is 0 Å². The van der Waals surface area contributed by atoms with E-state index in [1.54, 1.807) is 12.1 Å². The van der Waals surface area contributed by atoms with Crippen molar-refractivity contribution in [3.63, 3.8) is 0 Å². The molecule has 0 saturated heterocycles. The van der Waals surface area contributed by atoms with Gasteiger partial charge in [-0.15, -0.1) is 0 Å². The molecule has 0 aromatic carbocycles. The van der Waals surface area contributed by atoms with Crippen molar-refractivity contribution in [1.29, 1.82) is 0 Å². The highest BCUT2D eigenvalue weighted by Crippen LogP contribution is 2.16. The standard InChI is InChI=1S/C7H10ClN3O2/c8-5-1-2-6(13-5)11-7(12)10-4-3-9/h1-2H,3-4,9H2,(H2,10,11,12). The number of urea groups is 1. The molecule has 5 nitrogen and oxygen atoms in total. The summed E-state index contributed by atoms with van der Waals surface area (Å²) in [4.78, 5) is 11.0. The third kappa shape index (κ3) is 3.35. The second kappa shape index (κ2) is 4.74. The number of furan rings is 1. The van der Waals surface area contributed by atoms with E-state index in [1.807, 2.05) is 0 Å². The maximum absolute atomic E-state index is 11.0. The summed E-state index contributed by atoms with van der Waals surface area (Å²) in [6.45, 7) is 0.812. The molecule has 0 spiro atoms.